The van der Waals surface area contributed by atoms with Crippen molar-refractivity contribution in [3.63, 3.8) is 0 Å². The maximum Gasteiger partial charge on any atom is 0.296 e. The predicted octanol–water partition coefficient (Wildman–Crippen LogP) is 8.96. The maximum atomic E-state index is 12.4. The van der Waals surface area contributed by atoms with Gasteiger partial charge in [-0.2, -0.15) is 32.2 Å². The third-order valence-corrected chi connectivity index (χ3v) is 10.4. The van der Waals surface area contributed by atoms with Gasteiger partial charge >= 0.3 is 0 Å². The van der Waals surface area contributed by atoms with Crippen LogP contribution in [0.1, 0.15) is 0 Å². The molecule has 6 aromatic rings. The number of nitrogens with zero attached hydrogens (tertiary/aromatic N) is 7. The number of nitrogen functional groups attached to an aromatic ring is 1. The Balaban J connectivity index is 0.00000620. The smallest absolute Gasteiger partial charge is 0.296 e. The van der Waals surface area contributed by atoms with Crippen molar-refractivity contribution in [3.05, 3.63) is 113 Å². The number of hydrogen-bond acceptors (Lipinski definition) is 17. The molecule has 0 fully saturated rings. The summed E-state index contributed by atoms with van der Waals surface area (Å²) in [7, 11) is -10.2. The van der Waals surface area contributed by atoms with Crippen LogP contribution >= 0.6 is 11.8 Å². The summed E-state index contributed by atoms with van der Waals surface area (Å²) in [5.41, 5.74) is 4.83. The number of rotatable bonds is 11. The quantitative estimate of drug-likeness (QED) is 0.0177. The van der Waals surface area contributed by atoms with E-state index in [1.54, 1.807) is 36.4 Å². The van der Waals surface area contributed by atoms with Crippen LogP contribution in [0.4, 0.5) is 45.5 Å². The van der Waals surface area contributed by atoms with E-state index >= 15 is 0 Å². The minimum Gasteiger partial charge on any atom is -0.508 e. The summed E-state index contributed by atoms with van der Waals surface area (Å²) < 4.78 is 69.5. The Bertz CT molecular complexity index is 2840. The van der Waals surface area contributed by atoms with E-state index in [0.717, 1.165) is 40.1 Å². The van der Waals surface area contributed by atoms with E-state index in [1.165, 1.54) is 48.2 Å². The van der Waals surface area contributed by atoms with E-state index in [-0.39, 0.29) is 74.6 Å². The zero-order valence-corrected chi connectivity index (χ0v) is 33.4. The average Bonchev–Trinajstić information content (AvgIpc) is 3.14. The number of non-ortho nitro benzene ring substituents is 1. The molecule has 0 spiro atoms. The summed E-state index contributed by atoms with van der Waals surface area (Å²) in [5.74, 6) is -1.28. The van der Waals surface area contributed by atoms with Gasteiger partial charge in [-0.25, -0.2) is 0 Å². The normalized spacial score (nSPS) is 12.1. The fraction of sp³-hybridized carbons (Fsp3) is 0. The number of fused-ring (bicyclic) bond motifs is 1. The van der Waals surface area contributed by atoms with E-state index in [0.29, 0.717) is 5.69 Å². The number of anilines is 1. The fourth-order valence-corrected chi connectivity index (χ4v) is 7.11. The molecule has 285 valence electrons. The van der Waals surface area contributed by atoms with Crippen LogP contribution < -0.4 is 5.73 Å². The molecule has 23 heteroatoms. The molecule has 6 aromatic carbocycles. The van der Waals surface area contributed by atoms with Gasteiger partial charge in [-0.15, -0.1) is 15.3 Å². The number of nitro groups is 1. The van der Waals surface area contributed by atoms with Crippen molar-refractivity contribution in [2.45, 2.75) is 19.6 Å². The van der Waals surface area contributed by atoms with Crippen molar-refractivity contribution in [1.29, 1.82) is 0 Å². The average molecular weight is 840 g/mol. The molecule has 0 aliphatic rings. The van der Waals surface area contributed by atoms with Gasteiger partial charge in [0.05, 0.1) is 33.1 Å². The monoisotopic (exact) mass is 839 g/mol. The molecular formula is C34H24N8NaO11S3. The minimum atomic E-state index is -5.14. The molecule has 19 nitrogen and oxygen atoms in total. The molecule has 0 aliphatic carbocycles. The van der Waals surface area contributed by atoms with Crippen molar-refractivity contribution in [2.24, 2.45) is 30.7 Å². The molecule has 0 saturated carbocycles. The maximum absolute atomic E-state index is 12.4. The van der Waals surface area contributed by atoms with Gasteiger partial charge in [0.25, 0.3) is 25.9 Å². The van der Waals surface area contributed by atoms with Crippen LogP contribution in [0.2, 0.25) is 0 Å². The molecule has 0 unspecified atom stereocenters. The van der Waals surface area contributed by atoms with E-state index in [2.05, 4.69) is 30.7 Å². The van der Waals surface area contributed by atoms with E-state index in [9.17, 15) is 51.4 Å². The molecule has 57 heavy (non-hydrogen) atoms. The first-order valence-electron chi connectivity index (χ1n) is 15.4. The summed E-state index contributed by atoms with van der Waals surface area (Å²) in [6.07, 6.45) is 0. The van der Waals surface area contributed by atoms with Gasteiger partial charge < -0.3 is 21.1 Å². The Kier molecular flexibility index (Phi) is 12.7. The third kappa shape index (κ3) is 9.94. The number of phenols is 3. The van der Waals surface area contributed by atoms with Gasteiger partial charge in [0.15, 0.2) is 5.75 Å². The first-order chi connectivity index (χ1) is 26.5. The van der Waals surface area contributed by atoms with Crippen molar-refractivity contribution in [2.75, 3.05) is 5.73 Å². The number of phenolic OH excluding ortho intramolecular Hbond substituents is 3. The Morgan fingerprint density at radius 2 is 1.07 bits per heavy atom. The van der Waals surface area contributed by atoms with E-state index in [1.807, 2.05) is 0 Å². The Morgan fingerprint density at radius 3 is 1.54 bits per heavy atom. The zero-order valence-electron chi connectivity index (χ0n) is 28.9. The van der Waals surface area contributed by atoms with Crippen LogP contribution in [0.15, 0.2) is 153 Å². The summed E-state index contributed by atoms with van der Waals surface area (Å²) in [5, 5.41) is 64.4. The van der Waals surface area contributed by atoms with E-state index < -0.39 is 57.8 Å². The van der Waals surface area contributed by atoms with Crippen molar-refractivity contribution >= 4 is 118 Å². The van der Waals surface area contributed by atoms with E-state index in [4.69, 9.17) is 5.73 Å². The van der Waals surface area contributed by atoms with Crippen molar-refractivity contribution in [1.82, 2.24) is 0 Å². The third-order valence-electron chi connectivity index (χ3n) is 7.60. The number of nitrogens with two attached hydrogens (primary N) is 1. The molecule has 7 N–H and O–H groups in total. The number of benzene rings is 6. The van der Waals surface area contributed by atoms with Crippen LogP contribution in [0.5, 0.6) is 17.2 Å². The summed E-state index contributed by atoms with van der Waals surface area (Å²) in [6.45, 7) is 0. The summed E-state index contributed by atoms with van der Waals surface area (Å²) in [6, 6.07) is 23.5. The molecule has 0 aromatic heterocycles. The summed E-state index contributed by atoms with van der Waals surface area (Å²) >= 11 is 1.37. The molecule has 0 bridgehead atoms. The molecule has 0 aliphatic heterocycles. The standard InChI is InChI=1S/C34H24N8O11S3.Na/c35-31-30-18(15-28(55(48,49)50)32(31)40-37-19-1-7-22(8-2-19)42(46)47)16-29(56(51,52)53)33(34(30)45)41-38-21-5-12-25(13-6-21)54-24-10-3-20(4-11-24)36-39-26-14-9-23(43)17-27(26)44;/h1-17,43-45H,35H2,(H,48,49,50)(H,51,52,53);. The topological polar surface area (TPSA) is 313 Å². The van der Waals surface area contributed by atoms with Gasteiger partial charge in [0.2, 0.25) is 0 Å². The molecular weight excluding hydrogens is 816 g/mol. The van der Waals surface area contributed by atoms with Crippen LogP contribution in [0, 0.1) is 10.1 Å². The first kappa shape index (κ1) is 42.3. The van der Waals surface area contributed by atoms with Gasteiger partial charge in [-0.1, -0.05) is 11.8 Å². The van der Waals surface area contributed by atoms with Gasteiger partial charge in [0.1, 0.15) is 38.4 Å². The molecule has 0 saturated heterocycles. The second kappa shape index (κ2) is 17.1. The summed E-state index contributed by atoms with van der Waals surface area (Å²) in [4.78, 5) is 9.99. The van der Waals surface area contributed by atoms with Crippen molar-refractivity contribution in [3.8, 4) is 17.2 Å². The van der Waals surface area contributed by atoms with Gasteiger partial charge in [0, 0.05) is 57.5 Å². The molecule has 0 heterocycles. The first-order valence-corrected chi connectivity index (χ1v) is 19.1. The SMILES string of the molecule is Nc1c(N=Nc2ccc([N+](=O)[O-])cc2)c(S(=O)(=O)O)cc2cc(S(=O)(=O)O)c(N=Nc3ccc(Sc4ccc(N=Nc5ccc(O)cc5O)cc4)cc3)c(O)c12.[Na]. The number of aromatic hydroxyl groups is 3. The van der Waals surface area contributed by atoms with Crippen LogP contribution in [0.3, 0.4) is 0 Å². The van der Waals surface area contributed by atoms with Crippen LogP contribution in [0.25, 0.3) is 10.8 Å². The Hall–Kier alpha value is -5.85. The molecule has 0 atom stereocenters. The van der Waals surface area contributed by atoms with Crippen LogP contribution in [-0.4, -0.2) is 75.7 Å². The number of azo groups is 3. The molecule has 0 amide bonds. The zero-order chi connectivity index (χ0) is 40.4. The largest absolute Gasteiger partial charge is 0.508 e. The minimum absolute atomic E-state index is 0. The number of hydrogen-bond donors (Lipinski definition) is 6. The fourth-order valence-electron chi connectivity index (χ4n) is 4.97. The molecule has 6 rings (SSSR count). The Labute approximate surface area is 348 Å². The second-order valence-corrected chi connectivity index (χ2v) is 15.3. The Morgan fingerprint density at radius 1 is 0.614 bits per heavy atom. The predicted molar refractivity (Wildman–Crippen MR) is 208 cm³/mol. The van der Waals surface area contributed by atoms with Crippen molar-refractivity contribution < 1.29 is 46.2 Å². The molecule has 1 radical (unpaired) electrons. The van der Waals surface area contributed by atoms with Crippen LogP contribution in [-0.2, 0) is 20.2 Å². The van der Waals surface area contributed by atoms with Gasteiger partial charge in [-0.3, -0.25) is 19.2 Å². The van der Waals surface area contributed by atoms with Gasteiger partial charge in [-0.05, 0) is 90.3 Å². The second-order valence-electron chi connectivity index (χ2n) is 11.4. The number of nitro benzene ring substituents is 1.